The van der Waals surface area contributed by atoms with Gasteiger partial charge < -0.3 is 23.7 Å². The van der Waals surface area contributed by atoms with Crippen molar-refractivity contribution in [1.29, 1.82) is 0 Å². The smallest absolute Gasteiger partial charge is 0.342 e. The molecular formula is C26H35NO8. The molecule has 0 amide bonds. The van der Waals surface area contributed by atoms with E-state index in [1.807, 2.05) is 26.8 Å². The Kier molecular flexibility index (Phi) is 9.28. The van der Waals surface area contributed by atoms with Gasteiger partial charge in [0, 0.05) is 37.1 Å². The van der Waals surface area contributed by atoms with E-state index in [2.05, 4.69) is 4.90 Å². The highest BCUT2D eigenvalue weighted by atomic mass is 16.6. The molecule has 1 atom stereocenters. The molecule has 0 aromatic heterocycles. The number of cyclic esters (lactones) is 1. The molecule has 192 valence electrons. The number of morpholine rings is 1. The number of hydrogen-bond acceptors (Lipinski definition) is 9. The number of allylic oxidation sites excluding steroid dienone is 2. The predicted molar refractivity (Wildman–Crippen MR) is 127 cm³/mol. The lowest BCUT2D eigenvalue weighted by atomic mass is 9.94. The average Bonchev–Trinajstić information content (AvgIpc) is 3.25. The van der Waals surface area contributed by atoms with E-state index < -0.39 is 11.9 Å². The number of hydrogen-bond donors (Lipinski definition) is 0. The molecule has 0 aliphatic carbocycles. The molecule has 2 aliphatic heterocycles. The molecule has 1 unspecified atom stereocenters. The molecule has 3 rings (SSSR count). The van der Waals surface area contributed by atoms with Crippen LogP contribution in [0.15, 0.2) is 11.6 Å². The summed E-state index contributed by atoms with van der Waals surface area (Å²) in [4.78, 5) is 39.0. The van der Waals surface area contributed by atoms with Gasteiger partial charge in [0.1, 0.15) is 17.9 Å². The number of methoxy groups -OCH3 is 1. The van der Waals surface area contributed by atoms with E-state index in [4.69, 9.17) is 23.7 Å². The lowest BCUT2D eigenvalue weighted by molar-refractivity contribution is -0.161. The van der Waals surface area contributed by atoms with Crippen LogP contribution in [0.5, 0.6) is 11.5 Å². The third-order valence-corrected chi connectivity index (χ3v) is 6.37. The lowest BCUT2D eigenvalue weighted by Crippen LogP contribution is -2.44. The molecule has 1 aromatic rings. The van der Waals surface area contributed by atoms with Crippen molar-refractivity contribution in [2.45, 2.75) is 66.2 Å². The lowest BCUT2D eigenvalue weighted by Gasteiger charge is -2.31. The van der Waals surface area contributed by atoms with Crippen LogP contribution in [0, 0.1) is 6.92 Å². The van der Waals surface area contributed by atoms with E-state index in [9.17, 15) is 14.4 Å². The molecule has 9 nitrogen and oxygen atoms in total. The molecule has 2 aliphatic rings. The minimum absolute atomic E-state index is 0.118. The molecule has 1 aromatic carbocycles. The molecule has 1 fully saturated rings. The first kappa shape index (κ1) is 26.7. The Morgan fingerprint density at radius 1 is 1.14 bits per heavy atom. The van der Waals surface area contributed by atoms with E-state index >= 15 is 0 Å². The largest absolute Gasteiger partial charge is 0.496 e. The second-order valence-corrected chi connectivity index (χ2v) is 8.72. The van der Waals surface area contributed by atoms with Gasteiger partial charge in [0.2, 0.25) is 0 Å². The van der Waals surface area contributed by atoms with Crippen molar-refractivity contribution in [2.75, 3.05) is 33.4 Å². The van der Waals surface area contributed by atoms with E-state index in [0.29, 0.717) is 42.9 Å². The summed E-state index contributed by atoms with van der Waals surface area (Å²) in [5.41, 5.74) is 3.31. The summed E-state index contributed by atoms with van der Waals surface area (Å²) in [6.07, 6.45) is 2.96. The second kappa shape index (κ2) is 12.2. The Labute approximate surface area is 206 Å². The number of rotatable bonds is 10. The van der Waals surface area contributed by atoms with Gasteiger partial charge in [0.15, 0.2) is 12.0 Å². The Morgan fingerprint density at radius 2 is 1.86 bits per heavy atom. The quantitative estimate of drug-likeness (QED) is 0.278. The number of carbonyl (C=O) groups is 3. The normalized spacial score (nSPS) is 16.9. The van der Waals surface area contributed by atoms with Crippen molar-refractivity contribution in [3.8, 4) is 11.5 Å². The van der Waals surface area contributed by atoms with Crippen LogP contribution in [0.2, 0.25) is 0 Å². The molecule has 35 heavy (non-hydrogen) atoms. The number of ether oxygens (including phenoxy) is 5. The molecule has 0 saturated carbocycles. The second-order valence-electron chi connectivity index (χ2n) is 8.72. The first-order valence-corrected chi connectivity index (χ1v) is 12.0. The zero-order chi connectivity index (χ0) is 25.5. The van der Waals surface area contributed by atoms with Crippen molar-refractivity contribution in [1.82, 2.24) is 4.90 Å². The van der Waals surface area contributed by atoms with Gasteiger partial charge in [0.25, 0.3) is 0 Å². The molecule has 9 heteroatoms. The maximum atomic E-state index is 12.4. The maximum absolute atomic E-state index is 12.4. The Hall–Kier alpha value is -2.91. The van der Waals surface area contributed by atoms with Gasteiger partial charge in [-0.2, -0.15) is 0 Å². The molecule has 0 spiro atoms. The van der Waals surface area contributed by atoms with Crippen molar-refractivity contribution in [3.05, 3.63) is 33.9 Å². The third kappa shape index (κ3) is 6.41. The topological polar surface area (TPSA) is 101 Å². The summed E-state index contributed by atoms with van der Waals surface area (Å²) in [6, 6.07) is 0. The fourth-order valence-corrected chi connectivity index (χ4v) is 4.25. The fourth-order valence-electron chi connectivity index (χ4n) is 4.25. The summed E-state index contributed by atoms with van der Waals surface area (Å²) in [7, 11) is 1.55. The van der Waals surface area contributed by atoms with E-state index in [1.165, 1.54) is 0 Å². The van der Waals surface area contributed by atoms with Crippen LogP contribution in [-0.2, 0) is 36.8 Å². The van der Waals surface area contributed by atoms with Gasteiger partial charge in [0.05, 0.1) is 20.3 Å². The zero-order valence-electron chi connectivity index (χ0n) is 21.2. The predicted octanol–water partition coefficient (Wildman–Crippen LogP) is 3.48. The number of esters is 3. The summed E-state index contributed by atoms with van der Waals surface area (Å²) in [5.74, 6) is -0.466. The first-order valence-electron chi connectivity index (χ1n) is 12.0. The van der Waals surface area contributed by atoms with Gasteiger partial charge in [-0.25, -0.2) is 4.79 Å². The van der Waals surface area contributed by atoms with E-state index in [-0.39, 0.29) is 43.0 Å². The van der Waals surface area contributed by atoms with Crippen LogP contribution in [0.3, 0.4) is 0 Å². The molecule has 2 heterocycles. The van der Waals surface area contributed by atoms with E-state index in [1.54, 1.807) is 14.0 Å². The average molecular weight is 490 g/mol. The molecule has 0 bridgehead atoms. The molecular weight excluding hydrogens is 454 g/mol. The fraction of sp³-hybridized carbons (Fsp3) is 0.577. The number of fused-ring (bicyclic) bond motifs is 1. The minimum Gasteiger partial charge on any atom is -0.496 e. The van der Waals surface area contributed by atoms with Gasteiger partial charge in [-0.3, -0.25) is 14.5 Å². The standard InChI is InChI=1S/C26H35NO8/c1-6-21(28)35-25-19(24(31-5)17(3)20-15-33-26(30)23(20)25)9-7-16(2)8-10-22(29)34-18(4)27-11-13-32-14-12-27/h7,18H,6,8-15H2,1-5H3/b16-7+. The number of carbonyl (C=O) groups excluding carboxylic acids is 3. The maximum Gasteiger partial charge on any atom is 0.342 e. The Morgan fingerprint density at radius 3 is 2.51 bits per heavy atom. The van der Waals surface area contributed by atoms with Gasteiger partial charge in [-0.15, -0.1) is 0 Å². The minimum atomic E-state index is -0.510. The highest BCUT2D eigenvalue weighted by Gasteiger charge is 2.34. The first-order chi connectivity index (χ1) is 16.8. The van der Waals surface area contributed by atoms with Gasteiger partial charge in [-0.05, 0) is 39.2 Å². The summed E-state index contributed by atoms with van der Waals surface area (Å²) in [5, 5.41) is 0. The van der Waals surface area contributed by atoms with Crippen LogP contribution >= 0.6 is 0 Å². The van der Waals surface area contributed by atoms with E-state index in [0.717, 1.165) is 24.2 Å². The highest BCUT2D eigenvalue weighted by Crippen LogP contribution is 2.43. The molecule has 0 N–H and O–H groups in total. The number of nitrogens with zero attached hydrogens (tertiary/aromatic N) is 1. The summed E-state index contributed by atoms with van der Waals surface area (Å²) in [6.45, 7) is 10.2. The van der Waals surface area contributed by atoms with Crippen LogP contribution in [0.1, 0.15) is 67.1 Å². The van der Waals surface area contributed by atoms with Crippen molar-refractivity contribution in [2.24, 2.45) is 0 Å². The van der Waals surface area contributed by atoms with Gasteiger partial charge >= 0.3 is 17.9 Å². The van der Waals surface area contributed by atoms with Crippen LogP contribution in [0.25, 0.3) is 0 Å². The third-order valence-electron chi connectivity index (χ3n) is 6.37. The van der Waals surface area contributed by atoms with Crippen LogP contribution in [-0.4, -0.2) is 62.4 Å². The number of benzene rings is 1. The van der Waals surface area contributed by atoms with Crippen LogP contribution < -0.4 is 9.47 Å². The monoisotopic (exact) mass is 489 g/mol. The van der Waals surface area contributed by atoms with Crippen molar-refractivity contribution < 1.29 is 38.1 Å². The molecule has 1 saturated heterocycles. The zero-order valence-corrected chi connectivity index (χ0v) is 21.2. The van der Waals surface area contributed by atoms with Gasteiger partial charge in [-0.1, -0.05) is 18.6 Å². The van der Waals surface area contributed by atoms with Crippen molar-refractivity contribution >= 4 is 17.9 Å². The Balaban J connectivity index is 1.72. The van der Waals surface area contributed by atoms with Crippen molar-refractivity contribution in [3.63, 3.8) is 0 Å². The summed E-state index contributed by atoms with van der Waals surface area (Å²) >= 11 is 0. The molecule has 0 radical (unpaired) electrons. The highest BCUT2D eigenvalue weighted by molar-refractivity contribution is 5.99. The Bertz CT molecular complexity index is 994. The SMILES string of the molecule is CCC(=O)Oc1c(C/C=C(\C)CCC(=O)OC(C)N2CCOCC2)c(OC)c(C)c2c1C(=O)OC2. The summed E-state index contributed by atoms with van der Waals surface area (Å²) < 4.78 is 27.4. The van der Waals surface area contributed by atoms with Crippen LogP contribution in [0.4, 0.5) is 0 Å².